The lowest BCUT2D eigenvalue weighted by Crippen LogP contribution is -2.27. The number of para-hydroxylation sites is 1. The molecular formula is C31H29F2N3O4. The van der Waals surface area contributed by atoms with Crippen LogP contribution in [-0.4, -0.2) is 51.4 Å². The van der Waals surface area contributed by atoms with Crippen LogP contribution in [-0.2, 0) is 30.7 Å². The molecule has 0 unspecified atom stereocenters. The number of methoxy groups -OCH3 is 1. The number of carbonyl (C=O) groups is 1. The van der Waals surface area contributed by atoms with Crippen LogP contribution >= 0.6 is 0 Å². The largest absolute Gasteiger partial charge is 0.492 e. The Morgan fingerprint density at radius 3 is 2.55 bits per heavy atom. The molecule has 7 nitrogen and oxygen atoms in total. The molecular weight excluding hydrogens is 516 g/mol. The number of imidazole rings is 1. The maximum atomic E-state index is 14.7. The fraction of sp³-hybridized carbons (Fsp3) is 0.290. The molecule has 9 heteroatoms. The van der Waals surface area contributed by atoms with Crippen LogP contribution in [0, 0.1) is 0 Å². The van der Waals surface area contributed by atoms with Crippen LogP contribution in [0.2, 0.25) is 0 Å². The summed E-state index contributed by atoms with van der Waals surface area (Å²) in [4.78, 5) is 16.3. The zero-order chi connectivity index (χ0) is 27.9. The molecule has 0 spiro atoms. The van der Waals surface area contributed by atoms with Crippen molar-refractivity contribution >= 4 is 27.9 Å². The molecule has 206 valence electrons. The molecule has 40 heavy (non-hydrogen) atoms. The second kappa shape index (κ2) is 10.4. The fourth-order valence-electron chi connectivity index (χ4n) is 5.67. The lowest BCUT2D eigenvalue weighted by molar-refractivity contribution is -0.0126. The van der Waals surface area contributed by atoms with Crippen LogP contribution in [0.3, 0.4) is 0 Å². The summed E-state index contributed by atoms with van der Waals surface area (Å²) in [5.74, 6) is -2.39. The third kappa shape index (κ3) is 4.81. The Kier molecular flexibility index (Phi) is 6.75. The molecule has 0 saturated carbocycles. The van der Waals surface area contributed by atoms with Gasteiger partial charge in [-0.2, -0.15) is 0 Å². The van der Waals surface area contributed by atoms with Crippen molar-refractivity contribution in [2.45, 2.75) is 38.3 Å². The summed E-state index contributed by atoms with van der Waals surface area (Å²) in [5, 5.41) is 10.2. The Morgan fingerprint density at radius 1 is 1.00 bits per heavy atom. The van der Waals surface area contributed by atoms with Crippen molar-refractivity contribution in [1.29, 1.82) is 0 Å². The molecule has 1 aliphatic carbocycles. The first-order chi connectivity index (χ1) is 19.3. The number of carboxylic acids is 1. The van der Waals surface area contributed by atoms with Crippen molar-refractivity contribution in [2.24, 2.45) is 0 Å². The molecule has 0 fully saturated rings. The SMILES string of the molecule is COCCn1c(-c2ccc3c(c2)c2c(n3CCOc3ccccc3)CCC(F)(F)C2)nc2cc(C(=O)O)ccc21. The Labute approximate surface area is 229 Å². The molecule has 0 radical (unpaired) electrons. The summed E-state index contributed by atoms with van der Waals surface area (Å²) in [5.41, 5.74) is 4.73. The van der Waals surface area contributed by atoms with Gasteiger partial charge >= 0.3 is 5.97 Å². The summed E-state index contributed by atoms with van der Waals surface area (Å²) < 4.78 is 44.6. The molecule has 2 aromatic heterocycles. The van der Waals surface area contributed by atoms with Crippen LogP contribution in [0.1, 0.15) is 28.0 Å². The molecule has 0 amide bonds. The standard InChI is InChI=1S/C31H29F2N3O4/c1-39-15-13-36-28-10-8-21(30(37)38)18-25(28)34-29(36)20-7-9-26-23(17-20)24-19-31(32,33)12-11-27(24)35(26)14-16-40-22-5-3-2-4-6-22/h2-10,17-18H,11-16,19H2,1H3,(H,37,38). The lowest BCUT2D eigenvalue weighted by Gasteiger charge is -2.23. The number of aromatic nitrogens is 3. The van der Waals surface area contributed by atoms with E-state index in [1.807, 2.05) is 53.1 Å². The average molecular weight is 546 g/mol. The van der Waals surface area contributed by atoms with Gasteiger partial charge in [0, 0.05) is 48.7 Å². The molecule has 3 aromatic carbocycles. The molecule has 0 saturated heterocycles. The smallest absolute Gasteiger partial charge is 0.335 e. The van der Waals surface area contributed by atoms with Crippen molar-refractivity contribution < 1.29 is 28.2 Å². The fourth-order valence-corrected chi connectivity index (χ4v) is 5.67. The highest BCUT2D eigenvalue weighted by Crippen LogP contribution is 2.40. The van der Waals surface area contributed by atoms with Gasteiger partial charge in [0.25, 0.3) is 5.92 Å². The summed E-state index contributed by atoms with van der Waals surface area (Å²) in [6.45, 7) is 1.88. The van der Waals surface area contributed by atoms with Crippen LogP contribution < -0.4 is 4.74 Å². The van der Waals surface area contributed by atoms with Gasteiger partial charge in [0.1, 0.15) is 18.2 Å². The number of aromatic carboxylic acids is 1. The molecule has 0 aliphatic heterocycles. The van der Waals surface area contributed by atoms with E-state index in [-0.39, 0.29) is 18.4 Å². The minimum atomic E-state index is -2.76. The number of fused-ring (bicyclic) bond motifs is 4. The van der Waals surface area contributed by atoms with Crippen molar-refractivity contribution in [1.82, 2.24) is 14.1 Å². The van der Waals surface area contributed by atoms with Gasteiger partial charge in [-0.15, -0.1) is 0 Å². The third-order valence-electron chi connectivity index (χ3n) is 7.55. The Bertz CT molecular complexity index is 1710. The van der Waals surface area contributed by atoms with Gasteiger partial charge in [-0.25, -0.2) is 18.6 Å². The summed E-state index contributed by atoms with van der Waals surface area (Å²) in [7, 11) is 1.62. The molecule has 6 rings (SSSR count). The van der Waals surface area contributed by atoms with Crippen molar-refractivity contribution in [3.8, 4) is 17.1 Å². The number of carboxylic acid groups (broad SMARTS) is 1. The second-order valence-corrected chi connectivity index (χ2v) is 10.1. The van der Waals surface area contributed by atoms with Gasteiger partial charge in [0.2, 0.25) is 0 Å². The van der Waals surface area contributed by atoms with E-state index >= 15 is 0 Å². The van der Waals surface area contributed by atoms with Gasteiger partial charge in [0.05, 0.1) is 29.7 Å². The molecule has 1 N–H and O–H groups in total. The first-order valence-electron chi connectivity index (χ1n) is 13.3. The van der Waals surface area contributed by atoms with Crippen molar-refractivity contribution in [2.75, 3.05) is 20.3 Å². The van der Waals surface area contributed by atoms with Gasteiger partial charge in [0.15, 0.2) is 0 Å². The van der Waals surface area contributed by atoms with Gasteiger partial charge < -0.3 is 23.7 Å². The molecule has 1 aliphatic rings. The van der Waals surface area contributed by atoms with E-state index < -0.39 is 11.9 Å². The molecule has 2 heterocycles. The zero-order valence-electron chi connectivity index (χ0n) is 22.1. The summed E-state index contributed by atoms with van der Waals surface area (Å²) >= 11 is 0. The lowest BCUT2D eigenvalue weighted by atomic mass is 9.92. The first kappa shape index (κ1) is 26.0. The molecule has 0 bridgehead atoms. The first-order valence-corrected chi connectivity index (χ1v) is 13.3. The van der Waals surface area contributed by atoms with Crippen LogP contribution in [0.4, 0.5) is 8.78 Å². The van der Waals surface area contributed by atoms with E-state index in [1.165, 1.54) is 0 Å². The van der Waals surface area contributed by atoms with Gasteiger partial charge in [-0.05, 0) is 60.5 Å². The van der Waals surface area contributed by atoms with E-state index in [9.17, 15) is 18.7 Å². The molecule has 0 atom stereocenters. The Balaban J connectivity index is 1.44. The number of rotatable bonds is 9. The number of halogens is 2. The average Bonchev–Trinajstić information content (AvgIpc) is 3.46. The van der Waals surface area contributed by atoms with Gasteiger partial charge in [-0.1, -0.05) is 18.2 Å². The highest BCUT2D eigenvalue weighted by atomic mass is 19.3. The second-order valence-electron chi connectivity index (χ2n) is 10.1. The quantitative estimate of drug-likeness (QED) is 0.238. The van der Waals surface area contributed by atoms with E-state index in [1.54, 1.807) is 25.3 Å². The van der Waals surface area contributed by atoms with E-state index in [4.69, 9.17) is 14.5 Å². The molecule has 5 aromatic rings. The number of alkyl halides is 2. The highest BCUT2D eigenvalue weighted by Gasteiger charge is 2.37. The summed E-state index contributed by atoms with van der Waals surface area (Å²) in [6.07, 6.45) is -0.194. The monoisotopic (exact) mass is 545 g/mol. The summed E-state index contributed by atoms with van der Waals surface area (Å²) in [6, 6.07) is 20.2. The van der Waals surface area contributed by atoms with E-state index in [2.05, 4.69) is 4.57 Å². The number of ether oxygens (including phenoxy) is 2. The van der Waals surface area contributed by atoms with Crippen LogP contribution in [0.5, 0.6) is 5.75 Å². The maximum Gasteiger partial charge on any atom is 0.335 e. The predicted octanol–water partition coefficient (Wildman–Crippen LogP) is 6.21. The zero-order valence-corrected chi connectivity index (χ0v) is 22.1. The number of hydrogen-bond donors (Lipinski definition) is 1. The van der Waals surface area contributed by atoms with Crippen LogP contribution in [0.25, 0.3) is 33.3 Å². The van der Waals surface area contributed by atoms with E-state index in [0.29, 0.717) is 49.6 Å². The third-order valence-corrected chi connectivity index (χ3v) is 7.55. The highest BCUT2D eigenvalue weighted by molar-refractivity contribution is 5.94. The maximum absolute atomic E-state index is 14.7. The topological polar surface area (TPSA) is 78.5 Å². The van der Waals surface area contributed by atoms with Crippen molar-refractivity contribution in [3.05, 3.63) is 83.6 Å². The number of benzene rings is 3. The number of nitrogens with zero attached hydrogens (tertiary/aromatic N) is 3. The van der Waals surface area contributed by atoms with Crippen molar-refractivity contribution in [3.63, 3.8) is 0 Å². The predicted molar refractivity (Wildman–Crippen MR) is 148 cm³/mol. The van der Waals surface area contributed by atoms with Gasteiger partial charge in [-0.3, -0.25) is 0 Å². The minimum absolute atomic E-state index is 0.150. The van der Waals surface area contributed by atoms with Crippen LogP contribution in [0.15, 0.2) is 66.7 Å². The normalized spacial score (nSPS) is 14.5. The number of hydrogen-bond acceptors (Lipinski definition) is 4. The Hall–Kier alpha value is -4.24. The Morgan fingerprint density at radius 2 is 1.77 bits per heavy atom. The minimum Gasteiger partial charge on any atom is -0.492 e. The van der Waals surface area contributed by atoms with E-state index in [0.717, 1.165) is 33.4 Å².